The number of hydrogen-bond donors (Lipinski definition) is 0. The fourth-order valence-corrected chi connectivity index (χ4v) is 1.08. The number of morpholine rings is 1. The second-order valence-electron chi connectivity index (χ2n) is 2.89. The number of ether oxygens (including phenoxy) is 1. The predicted octanol–water partition coefficient (Wildman–Crippen LogP) is -0.0732. The maximum absolute atomic E-state index is 10.9. The second kappa shape index (κ2) is 7.34. The molecule has 0 aromatic heterocycles. The van der Waals surface area contributed by atoms with Crippen molar-refractivity contribution in [3.8, 4) is 0 Å². The molecule has 1 rings (SSSR count). The third-order valence-corrected chi connectivity index (χ3v) is 1.72. The monoisotopic (exact) mass is 213 g/mol. The molecule has 1 saturated heterocycles. The van der Waals surface area contributed by atoms with Crippen LogP contribution in [-0.2, 0) is 14.4 Å². The minimum atomic E-state index is -0.177. The summed E-state index contributed by atoms with van der Waals surface area (Å²) in [5, 5.41) is 1.67. The topological polar surface area (TPSA) is 38.8 Å². The van der Waals surface area contributed by atoms with E-state index in [0.29, 0.717) is 26.1 Å². The van der Waals surface area contributed by atoms with E-state index in [1.54, 1.807) is 12.0 Å². The number of carbonyl (C=O) groups excluding carboxylic acids is 1. The van der Waals surface area contributed by atoms with Crippen LogP contribution in [0.3, 0.4) is 0 Å². The summed E-state index contributed by atoms with van der Waals surface area (Å²) in [4.78, 5) is 15.9. The molecular weight excluding hydrogens is 197 g/mol. The first kappa shape index (κ1) is 14.0. The Morgan fingerprint density at radius 3 is 2.92 bits per heavy atom. The van der Waals surface area contributed by atoms with E-state index in [-0.39, 0.29) is 63.5 Å². The van der Waals surface area contributed by atoms with Gasteiger partial charge in [0, 0.05) is 6.42 Å². The molecule has 72 valence electrons. The van der Waals surface area contributed by atoms with E-state index in [9.17, 15) is 4.79 Å². The standard InChI is InChI=1S/C8H15NO3.K.H/c1-3-8(10)12-9-4-5-11-7(2)6-9;;/h7H,3-6H2,1-2H3;;. The molecule has 0 radical (unpaired) electrons. The Labute approximate surface area is 121 Å². The quantitative estimate of drug-likeness (QED) is 0.602. The first-order valence-electron chi connectivity index (χ1n) is 4.29. The molecule has 0 aromatic carbocycles. The van der Waals surface area contributed by atoms with Crippen molar-refractivity contribution in [3.63, 3.8) is 0 Å². The van der Waals surface area contributed by atoms with Crippen LogP contribution in [0, 0.1) is 0 Å². The van der Waals surface area contributed by atoms with Crippen LogP contribution in [0.2, 0.25) is 0 Å². The summed E-state index contributed by atoms with van der Waals surface area (Å²) in [6.45, 7) is 5.73. The van der Waals surface area contributed by atoms with E-state index < -0.39 is 0 Å². The zero-order chi connectivity index (χ0) is 8.97. The minimum absolute atomic E-state index is 0. The van der Waals surface area contributed by atoms with Crippen LogP contribution in [0.15, 0.2) is 0 Å². The van der Waals surface area contributed by atoms with Gasteiger partial charge >= 0.3 is 57.4 Å². The van der Waals surface area contributed by atoms with Crippen molar-refractivity contribution < 1.29 is 14.4 Å². The fraction of sp³-hybridized carbons (Fsp3) is 0.875. The van der Waals surface area contributed by atoms with Gasteiger partial charge in [-0.15, -0.1) is 5.06 Å². The molecule has 0 aromatic rings. The van der Waals surface area contributed by atoms with Gasteiger partial charge in [-0.05, 0) is 6.92 Å². The van der Waals surface area contributed by atoms with Crippen molar-refractivity contribution in [2.45, 2.75) is 26.4 Å². The molecule has 0 N–H and O–H groups in total. The van der Waals surface area contributed by atoms with Gasteiger partial charge in [-0.25, -0.2) is 0 Å². The summed E-state index contributed by atoms with van der Waals surface area (Å²) in [7, 11) is 0. The molecule has 1 atom stereocenters. The van der Waals surface area contributed by atoms with Crippen LogP contribution in [0.1, 0.15) is 20.3 Å². The molecule has 1 aliphatic heterocycles. The average molecular weight is 213 g/mol. The molecule has 0 saturated carbocycles. The van der Waals surface area contributed by atoms with Crippen molar-refractivity contribution in [3.05, 3.63) is 0 Å². The summed E-state index contributed by atoms with van der Waals surface area (Å²) in [5.41, 5.74) is 0. The Bertz CT molecular complexity index is 165. The first-order chi connectivity index (χ1) is 5.72. The van der Waals surface area contributed by atoms with Crippen molar-refractivity contribution in [2.75, 3.05) is 19.7 Å². The zero-order valence-electron chi connectivity index (χ0n) is 7.58. The van der Waals surface area contributed by atoms with Gasteiger partial charge in [-0.1, -0.05) is 6.92 Å². The Hall–Kier alpha value is 1.03. The summed E-state index contributed by atoms with van der Waals surface area (Å²) in [5.74, 6) is -0.177. The van der Waals surface area contributed by atoms with Crippen LogP contribution in [0.4, 0.5) is 0 Å². The Kier molecular flexibility index (Phi) is 7.91. The van der Waals surface area contributed by atoms with E-state index >= 15 is 0 Å². The van der Waals surface area contributed by atoms with Gasteiger partial charge in [0.05, 0.1) is 25.8 Å². The number of hydrogen-bond acceptors (Lipinski definition) is 4. The number of rotatable bonds is 2. The van der Waals surface area contributed by atoms with Gasteiger partial charge in [0.2, 0.25) is 0 Å². The molecule has 1 fully saturated rings. The molecule has 0 bridgehead atoms. The SMILES string of the molecule is CCC(=O)ON1CCOC(C)C1.[KH]. The number of nitrogens with zero attached hydrogens (tertiary/aromatic N) is 1. The van der Waals surface area contributed by atoms with Gasteiger partial charge in [0.25, 0.3) is 0 Å². The molecule has 1 heterocycles. The normalized spacial score (nSPS) is 23.4. The van der Waals surface area contributed by atoms with E-state index in [2.05, 4.69) is 0 Å². The van der Waals surface area contributed by atoms with Gasteiger partial charge < -0.3 is 9.57 Å². The number of hydroxylamine groups is 2. The molecule has 0 spiro atoms. The second-order valence-corrected chi connectivity index (χ2v) is 2.89. The Morgan fingerprint density at radius 1 is 1.69 bits per heavy atom. The Balaban J connectivity index is 0.00000144. The molecule has 1 aliphatic rings. The fourth-order valence-electron chi connectivity index (χ4n) is 1.08. The first-order valence-corrected chi connectivity index (χ1v) is 4.29. The molecule has 1 unspecified atom stereocenters. The summed E-state index contributed by atoms with van der Waals surface area (Å²) in [6.07, 6.45) is 0.578. The van der Waals surface area contributed by atoms with Gasteiger partial charge in [0.15, 0.2) is 0 Å². The molecular formula is C8H16KNO3. The van der Waals surface area contributed by atoms with Crippen LogP contribution in [0.25, 0.3) is 0 Å². The molecule has 5 heteroatoms. The predicted molar refractivity (Wildman–Crippen MR) is 50.5 cm³/mol. The number of carbonyl (C=O) groups is 1. The summed E-state index contributed by atoms with van der Waals surface area (Å²) < 4.78 is 5.29. The molecule has 0 aliphatic carbocycles. The van der Waals surface area contributed by atoms with Crippen LogP contribution >= 0.6 is 0 Å². The summed E-state index contributed by atoms with van der Waals surface area (Å²) >= 11 is 0. The third kappa shape index (κ3) is 5.46. The Morgan fingerprint density at radius 2 is 2.38 bits per heavy atom. The molecule has 4 nitrogen and oxygen atoms in total. The third-order valence-electron chi connectivity index (χ3n) is 1.72. The average Bonchev–Trinajstić information content (AvgIpc) is 2.04. The van der Waals surface area contributed by atoms with Crippen molar-refractivity contribution in [1.29, 1.82) is 0 Å². The van der Waals surface area contributed by atoms with Crippen molar-refractivity contribution in [2.24, 2.45) is 0 Å². The maximum atomic E-state index is 10.9. The van der Waals surface area contributed by atoms with Crippen LogP contribution < -0.4 is 0 Å². The van der Waals surface area contributed by atoms with Gasteiger partial charge in [-0.3, -0.25) is 4.79 Å². The summed E-state index contributed by atoms with van der Waals surface area (Å²) in [6, 6.07) is 0. The molecule has 13 heavy (non-hydrogen) atoms. The van der Waals surface area contributed by atoms with E-state index in [1.807, 2.05) is 6.92 Å². The zero-order valence-corrected chi connectivity index (χ0v) is 7.58. The van der Waals surface area contributed by atoms with Crippen molar-refractivity contribution in [1.82, 2.24) is 5.06 Å². The van der Waals surface area contributed by atoms with Gasteiger partial charge in [0.1, 0.15) is 0 Å². The van der Waals surface area contributed by atoms with E-state index in [0.717, 1.165) is 0 Å². The molecule has 0 amide bonds. The van der Waals surface area contributed by atoms with Crippen molar-refractivity contribution >= 4 is 57.4 Å². The van der Waals surface area contributed by atoms with E-state index in [4.69, 9.17) is 9.57 Å². The van der Waals surface area contributed by atoms with Gasteiger partial charge in [-0.2, -0.15) is 0 Å². The van der Waals surface area contributed by atoms with E-state index in [1.165, 1.54) is 0 Å². The van der Waals surface area contributed by atoms with Crippen LogP contribution in [-0.4, -0.2) is 88.2 Å². The van der Waals surface area contributed by atoms with Crippen LogP contribution in [0.5, 0.6) is 0 Å².